The van der Waals surface area contributed by atoms with E-state index in [1.807, 2.05) is 11.3 Å². The highest BCUT2D eigenvalue weighted by Crippen LogP contribution is 2.38. The molecule has 102 valence electrons. The molecule has 0 aliphatic heterocycles. The summed E-state index contributed by atoms with van der Waals surface area (Å²) in [7, 11) is 0. The monoisotopic (exact) mass is 329 g/mol. The third-order valence-electron chi connectivity index (χ3n) is 4.10. The van der Waals surface area contributed by atoms with Crippen LogP contribution in [0.15, 0.2) is 15.9 Å². The van der Waals surface area contributed by atoms with E-state index in [9.17, 15) is 0 Å². The van der Waals surface area contributed by atoms with Gasteiger partial charge in [0.25, 0.3) is 0 Å². The average Bonchev–Trinajstić information content (AvgIpc) is 2.67. The molecule has 0 amide bonds. The number of thiophene rings is 1. The molecule has 2 atom stereocenters. The molecule has 2 unspecified atom stereocenters. The Labute approximate surface area is 123 Å². The van der Waals surface area contributed by atoms with Gasteiger partial charge >= 0.3 is 0 Å². The van der Waals surface area contributed by atoms with Crippen LogP contribution in [-0.2, 0) is 6.42 Å². The Kier molecular flexibility index (Phi) is 4.90. The fourth-order valence-electron chi connectivity index (χ4n) is 3.12. The Balaban J connectivity index is 1.74. The van der Waals surface area contributed by atoms with Crippen molar-refractivity contribution in [1.29, 1.82) is 0 Å². The number of hydrogen-bond donors (Lipinski definition) is 1. The van der Waals surface area contributed by atoms with Crippen LogP contribution in [-0.4, -0.2) is 12.6 Å². The topological polar surface area (TPSA) is 12.0 Å². The van der Waals surface area contributed by atoms with E-state index in [1.165, 1.54) is 27.9 Å². The molecule has 18 heavy (non-hydrogen) atoms. The minimum Gasteiger partial charge on any atom is -0.313 e. The lowest BCUT2D eigenvalue weighted by Gasteiger charge is -2.39. The zero-order valence-corrected chi connectivity index (χ0v) is 14.0. The maximum absolute atomic E-state index is 3.76. The molecule has 0 saturated heterocycles. The van der Waals surface area contributed by atoms with Gasteiger partial charge in [-0.3, -0.25) is 0 Å². The molecule has 1 aromatic heterocycles. The molecule has 0 bridgehead atoms. The summed E-state index contributed by atoms with van der Waals surface area (Å²) in [6, 6.07) is 5.09. The predicted molar refractivity (Wildman–Crippen MR) is 84.3 cm³/mol. The van der Waals surface area contributed by atoms with Crippen molar-refractivity contribution in [2.45, 2.75) is 52.5 Å². The normalized spacial score (nSPS) is 27.3. The molecule has 0 aromatic carbocycles. The van der Waals surface area contributed by atoms with Gasteiger partial charge < -0.3 is 5.32 Å². The second kappa shape index (κ2) is 6.06. The van der Waals surface area contributed by atoms with Crippen LogP contribution in [0.5, 0.6) is 0 Å². The first-order valence-electron chi connectivity index (χ1n) is 6.94. The van der Waals surface area contributed by atoms with Crippen molar-refractivity contribution in [3.05, 3.63) is 20.8 Å². The standard InChI is InChI=1S/C15H24BrNS/c1-11-10-15(2,3)8-6-13(11)17-9-7-12-4-5-14(16)18-12/h4-5,11,13,17H,6-10H2,1-3H3. The second-order valence-corrected chi connectivity index (χ2v) is 8.95. The molecule has 1 N–H and O–H groups in total. The minimum absolute atomic E-state index is 0.552. The highest BCUT2D eigenvalue weighted by molar-refractivity contribution is 9.11. The molecular formula is C15H24BrNS. The van der Waals surface area contributed by atoms with Gasteiger partial charge in [-0.05, 0) is 65.1 Å². The molecule has 1 heterocycles. The Morgan fingerprint density at radius 1 is 1.44 bits per heavy atom. The molecule has 3 heteroatoms. The molecule has 1 nitrogen and oxygen atoms in total. The van der Waals surface area contributed by atoms with Crippen molar-refractivity contribution >= 4 is 27.3 Å². The van der Waals surface area contributed by atoms with Crippen molar-refractivity contribution in [3.63, 3.8) is 0 Å². The fourth-order valence-corrected chi connectivity index (χ4v) is 4.60. The van der Waals surface area contributed by atoms with Gasteiger partial charge in [0.1, 0.15) is 0 Å². The molecule has 1 aliphatic rings. The minimum atomic E-state index is 0.552. The number of hydrogen-bond acceptors (Lipinski definition) is 2. The van der Waals surface area contributed by atoms with E-state index >= 15 is 0 Å². The third kappa shape index (κ3) is 4.07. The van der Waals surface area contributed by atoms with Crippen molar-refractivity contribution in [3.8, 4) is 0 Å². The van der Waals surface area contributed by atoms with Crippen LogP contribution < -0.4 is 5.32 Å². The van der Waals surface area contributed by atoms with Crippen LogP contribution in [0.4, 0.5) is 0 Å². The molecule has 1 aromatic rings. The van der Waals surface area contributed by atoms with Gasteiger partial charge in [0, 0.05) is 17.5 Å². The maximum Gasteiger partial charge on any atom is 0.0701 e. The van der Waals surface area contributed by atoms with Crippen LogP contribution in [0.2, 0.25) is 0 Å². The molecule has 1 aliphatic carbocycles. The summed E-state index contributed by atoms with van der Waals surface area (Å²) in [5.41, 5.74) is 0.552. The van der Waals surface area contributed by atoms with E-state index in [4.69, 9.17) is 0 Å². The summed E-state index contributed by atoms with van der Waals surface area (Å²) in [5.74, 6) is 0.809. The summed E-state index contributed by atoms with van der Waals surface area (Å²) in [4.78, 5) is 1.47. The van der Waals surface area contributed by atoms with Crippen molar-refractivity contribution in [2.75, 3.05) is 6.54 Å². The quantitative estimate of drug-likeness (QED) is 0.831. The molecule has 0 spiro atoms. The highest BCUT2D eigenvalue weighted by Gasteiger charge is 2.31. The third-order valence-corrected chi connectivity index (χ3v) is 5.78. The molecule has 1 fully saturated rings. The molecule has 1 saturated carbocycles. The van der Waals surface area contributed by atoms with Crippen LogP contribution in [0.3, 0.4) is 0 Å². The summed E-state index contributed by atoms with van der Waals surface area (Å²) in [6.45, 7) is 8.33. The first-order chi connectivity index (χ1) is 8.46. The fraction of sp³-hybridized carbons (Fsp3) is 0.733. The smallest absolute Gasteiger partial charge is 0.0701 e. The molecule has 2 rings (SSSR count). The van der Waals surface area contributed by atoms with Gasteiger partial charge in [-0.15, -0.1) is 11.3 Å². The number of halogens is 1. The van der Waals surface area contributed by atoms with Crippen LogP contribution in [0.1, 0.15) is 44.9 Å². The van der Waals surface area contributed by atoms with E-state index in [0.717, 1.165) is 24.9 Å². The van der Waals surface area contributed by atoms with Crippen LogP contribution >= 0.6 is 27.3 Å². The van der Waals surface area contributed by atoms with Gasteiger partial charge in [0.15, 0.2) is 0 Å². The van der Waals surface area contributed by atoms with Crippen LogP contribution in [0.25, 0.3) is 0 Å². The Morgan fingerprint density at radius 3 is 2.83 bits per heavy atom. The molecule has 0 radical (unpaired) electrons. The zero-order chi connectivity index (χ0) is 13.2. The van der Waals surface area contributed by atoms with Crippen LogP contribution in [0, 0.1) is 11.3 Å². The predicted octanol–water partition coefficient (Wildman–Crippen LogP) is 4.86. The first-order valence-corrected chi connectivity index (χ1v) is 8.55. The van der Waals surface area contributed by atoms with E-state index in [-0.39, 0.29) is 0 Å². The van der Waals surface area contributed by atoms with Crippen molar-refractivity contribution in [1.82, 2.24) is 5.32 Å². The first kappa shape index (κ1) is 14.5. The maximum atomic E-state index is 3.76. The molecular weight excluding hydrogens is 306 g/mol. The van der Waals surface area contributed by atoms with Crippen molar-refractivity contribution < 1.29 is 0 Å². The van der Waals surface area contributed by atoms with Gasteiger partial charge in [-0.25, -0.2) is 0 Å². The van der Waals surface area contributed by atoms with Gasteiger partial charge in [-0.2, -0.15) is 0 Å². The Hall–Kier alpha value is 0.140. The van der Waals surface area contributed by atoms with E-state index in [1.54, 1.807) is 0 Å². The number of nitrogens with one attached hydrogen (secondary N) is 1. The Bertz CT molecular complexity index is 386. The summed E-state index contributed by atoms with van der Waals surface area (Å²) >= 11 is 5.37. The SMILES string of the molecule is CC1CC(C)(C)CCC1NCCc1ccc(Br)s1. The lowest BCUT2D eigenvalue weighted by atomic mass is 9.70. The van der Waals surface area contributed by atoms with E-state index in [0.29, 0.717) is 5.41 Å². The Morgan fingerprint density at radius 2 is 2.22 bits per heavy atom. The largest absolute Gasteiger partial charge is 0.313 e. The van der Waals surface area contributed by atoms with Gasteiger partial charge in [0.05, 0.1) is 3.79 Å². The zero-order valence-electron chi connectivity index (χ0n) is 11.6. The average molecular weight is 330 g/mol. The lowest BCUT2D eigenvalue weighted by molar-refractivity contribution is 0.149. The van der Waals surface area contributed by atoms with Crippen molar-refractivity contribution in [2.24, 2.45) is 11.3 Å². The van der Waals surface area contributed by atoms with Gasteiger partial charge in [0.2, 0.25) is 0 Å². The van der Waals surface area contributed by atoms with E-state index in [2.05, 4.69) is 54.2 Å². The van der Waals surface area contributed by atoms with E-state index < -0.39 is 0 Å². The summed E-state index contributed by atoms with van der Waals surface area (Å²) in [5, 5.41) is 3.76. The summed E-state index contributed by atoms with van der Waals surface area (Å²) < 4.78 is 1.24. The highest BCUT2D eigenvalue weighted by atomic mass is 79.9. The lowest BCUT2D eigenvalue weighted by Crippen LogP contribution is -2.42. The number of rotatable bonds is 4. The summed E-state index contributed by atoms with van der Waals surface area (Å²) in [6.07, 6.45) is 5.21. The van der Waals surface area contributed by atoms with Gasteiger partial charge in [-0.1, -0.05) is 20.8 Å². The second-order valence-electron chi connectivity index (χ2n) is 6.40.